The zero-order valence-electron chi connectivity index (χ0n) is 8.89. The lowest BCUT2D eigenvalue weighted by Gasteiger charge is -2.19. The molecule has 0 aromatic rings. The molecule has 74 valence electrons. The summed E-state index contributed by atoms with van der Waals surface area (Å²) in [5.41, 5.74) is 0. The van der Waals surface area contributed by atoms with Crippen LogP contribution in [0.4, 0.5) is 0 Å². The molecule has 0 aliphatic heterocycles. The van der Waals surface area contributed by atoms with Crippen LogP contribution in [0.5, 0.6) is 0 Å². The van der Waals surface area contributed by atoms with Crippen molar-refractivity contribution in [2.24, 2.45) is 0 Å². The van der Waals surface area contributed by atoms with Gasteiger partial charge in [-0.2, -0.15) is 0 Å². The highest BCUT2D eigenvalue weighted by Gasteiger charge is 2.08. The van der Waals surface area contributed by atoms with Crippen LogP contribution in [0.15, 0.2) is 0 Å². The SMILES string of the molecule is CCCCCOC(C)C(C)NC. The summed E-state index contributed by atoms with van der Waals surface area (Å²) in [6.45, 7) is 7.37. The normalized spacial score (nSPS) is 16.0. The highest BCUT2D eigenvalue weighted by atomic mass is 16.5. The van der Waals surface area contributed by atoms with Crippen LogP contribution in [-0.2, 0) is 4.74 Å². The second kappa shape index (κ2) is 7.56. The van der Waals surface area contributed by atoms with E-state index in [-0.39, 0.29) is 0 Å². The number of hydrogen-bond acceptors (Lipinski definition) is 2. The first-order valence-corrected chi connectivity index (χ1v) is 5.01. The van der Waals surface area contributed by atoms with Crippen LogP contribution in [0.1, 0.15) is 40.0 Å². The summed E-state index contributed by atoms with van der Waals surface area (Å²) in [6, 6.07) is 0.451. The zero-order valence-corrected chi connectivity index (χ0v) is 8.89. The minimum Gasteiger partial charge on any atom is -0.377 e. The van der Waals surface area contributed by atoms with E-state index in [0.29, 0.717) is 12.1 Å². The maximum Gasteiger partial charge on any atom is 0.0697 e. The fourth-order valence-corrected chi connectivity index (χ4v) is 1.00. The molecule has 0 fully saturated rings. The van der Waals surface area contributed by atoms with Gasteiger partial charge in [0.2, 0.25) is 0 Å². The molecule has 0 amide bonds. The monoisotopic (exact) mass is 173 g/mol. The number of unbranched alkanes of at least 4 members (excludes halogenated alkanes) is 2. The molecule has 0 aliphatic carbocycles. The summed E-state index contributed by atoms with van der Waals surface area (Å²) in [7, 11) is 1.97. The molecular formula is C10H23NO. The van der Waals surface area contributed by atoms with Crippen molar-refractivity contribution >= 4 is 0 Å². The topological polar surface area (TPSA) is 21.3 Å². The van der Waals surface area contributed by atoms with Crippen molar-refractivity contribution in [1.29, 1.82) is 0 Å². The highest BCUT2D eigenvalue weighted by Crippen LogP contribution is 2.01. The van der Waals surface area contributed by atoms with Gasteiger partial charge in [0.1, 0.15) is 0 Å². The predicted molar refractivity (Wildman–Crippen MR) is 53.5 cm³/mol. The average molecular weight is 173 g/mol. The van der Waals surface area contributed by atoms with Crippen molar-refractivity contribution < 1.29 is 4.74 Å². The largest absolute Gasteiger partial charge is 0.377 e. The molecule has 0 spiro atoms. The summed E-state index contributed by atoms with van der Waals surface area (Å²) in [5, 5.41) is 3.18. The van der Waals surface area contributed by atoms with E-state index >= 15 is 0 Å². The van der Waals surface area contributed by atoms with Gasteiger partial charge in [0.05, 0.1) is 6.10 Å². The van der Waals surface area contributed by atoms with Crippen LogP contribution in [0.3, 0.4) is 0 Å². The smallest absolute Gasteiger partial charge is 0.0697 e. The lowest BCUT2D eigenvalue weighted by atomic mass is 10.2. The van der Waals surface area contributed by atoms with E-state index in [0.717, 1.165) is 6.61 Å². The molecule has 0 saturated carbocycles. The van der Waals surface area contributed by atoms with Crippen molar-refractivity contribution in [3.05, 3.63) is 0 Å². The second-order valence-electron chi connectivity index (χ2n) is 3.36. The summed E-state index contributed by atoms with van der Waals surface area (Å²) >= 11 is 0. The van der Waals surface area contributed by atoms with Gasteiger partial charge in [0.15, 0.2) is 0 Å². The molecule has 0 rings (SSSR count). The summed E-state index contributed by atoms with van der Waals surface area (Å²) in [6.07, 6.45) is 4.06. The first-order valence-electron chi connectivity index (χ1n) is 5.01. The Kier molecular flexibility index (Phi) is 7.51. The van der Waals surface area contributed by atoms with Gasteiger partial charge in [0.25, 0.3) is 0 Å². The third kappa shape index (κ3) is 5.56. The molecule has 2 unspecified atom stereocenters. The number of likely N-dealkylation sites (N-methyl/N-ethyl adjacent to an activating group) is 1. The van der Waals surface area contributed by atoms with Crippen LogP contribution in [-0.4, -0.2) is 25.8 Å². The Morgan fingerprint density at radius 3 is 2.42 bits per heavy atom. The van der Waals surface area contributed by atoms with Crippen molar-refractivity contribution in [3.63, 3.8) is 0 Å². The van der Waals surface area contributed by atoms with Gasteiger partial charge in [0, 0.05) is 12.6 Å². The first-order chi connectivity index (χ1) is 5.72. The quantitative estimate of drug-likeness (QED) is 0.596. The maximum atomic E-state index is 5.63. The molecule has 0 aromatic carbocycles. The molecule has 1 N–H and O–H groups in total. The molecule has 0 heterocycles. The van der Waals surface area contributed by atoms with Gasteiger partial charge in [-0.05, 0) is 27.3 Å². The Morgan fingerprint density at radius 2 is 1.92 bits per heavy atom. The lowest BCUT2D eigenvalue weighted by Crippen LogP contribution is -2.34. The number of ether oxygens (including phenoxy) is 1. The van der Waals surface area contributed by atoms with Crippen LogP contribution in [0.2, 0.25) is 0 Å². The molecule has 0 aliphatic rings. The molecule has 12 heavy (non-hydrogen) atoms. The highest BCUT2D eigenvalue weighted by molar-refractivity contribution is 4.65. The van der Waals surface area contributed by atoms with Gasteiger partial charge >= 0.3 is 0 Å². The summed E-state index contributed by atoms with van der Waals surface area (Å²) in [4.78, 5) is 0. The Labute approximate surface area is 76.7 Å². The Hall–Kier alpha value is -0.0800. The molecular weight excluding hydrogens is 150 g/mol. The summed E-state index contributed by atoms with van der Waals surface area (Å²) in [5.74, 6) is 0. The third-order valence-corrected chi connectivity index (χ3v) is 2.29. The van der Waals surface area contributed by atoms with E-state index in [2.05, 4.69) is 26.1 Å². The van der Waals surface area contributed by atoms with Gasteiger partial charge < -0.3 is 10.1 Å². The predicted octanol–water partition coefficient (Wildman–Crippen LogP) is 2.19. The van der Waals surface area contributed by atoms with E-state index in [1.807, 2.05) is 7.05 Å². The van der Waals surface area contributed by atoms with E-state index < -0.39 is 0 Å². The van der Waals surface area contributed by atoms with E-state index in [1.165, 1.54) is 19.3 Å². The number of nitrogens with one attached hydrogen (secondary N) is 1. The van der Waals surface area contributed by atoms with Crippen LogP contribution in [0.25, 0.3) is 0 Å². The Bertz CT molecular complexity index is 95.8. The van der Waals surface area contributed by atoms with Crippen LogP contribution in [0, 0.1) is 0 Å². The Morgan fingerprint density at radius 1 is 1.25 bits per heavy atom. The zero-order chi connectivity index (χ0) is 9.40. The van der Waals surface area contributed by atoms with E-state index in [1.54, 1.807) is 0 Å². The maximum absolute atomic E-state index is 5.63. The van der Waals surface area contributed by atoms with Crippen LogP contribution < -0.4 is 5.32 Å². The summed E-state index contributed by atoms with van der Waals surface area (Å²) < 4.78 is 5.63. The standard InChI is InChI=1S/C10H23NO/c1-5-6-7-8-12-10(3)9(2)11-4/h9-11H,5-8H2,1-4H3. The molecule has 0 bridgehead atoms. The van der Waals surface area contributed by atoms with Gasteiger partial charge in [-0.3, -0.25) is 0 Å². The molecule has 0 aromatic heterocycles. The molecule has 2 atom stereocenters. The minimum absolute atomic E-state index is 0.326. The fraction of sp³-hybridized carbons (Fsp3) is 1.00. The van der Waals surface area contributed by atoms with Gasteiger partial charge in [-0.1, -0.05) is 19.8 Å². The molecule has 2 heteroatoms. The van der Waals surface area contributed by atoms with Crippen molar-refractivity contribution in [2.45, 2.75) is 52.2 Å². The Balaban J connectivity index is 3.24. The average Bonchev–Trinajstić information content (AvgIpc) is 2.10. The third-order valence-electron chi connectivity index (χ3n) is 2.29. The molecule has 0 radical (unpaired) electrons. The van der Waals surface area contributed by atoms with Gasteiger partial charge in [-0.25, -0.2) is 0 Å². The van der Waals surface area contributed by atoms with Crippen molar-refractivity contribution in [3.8, 4) is 0 Å². The van der Waals surface area contributed by atoms with Crippen molar-refractivity contribution in [2.75, 3.05) is 13.7 Å². The van der Waals surface area contributed by atoms with Gasteiger partial charge in [-0.15, -0.1) is 0 Å². The molecule has 2 nitrogen and oxygen atoms in total. The number of rotatable bonds is 7. The van der Waals surface area contributed by atoms with E-state index in [9.17, 15) is 0 Å². The van der Waals surface area contributed by atoms with E-state index in [4.69, 9.17) is 4.74 Å². The van der Waals surface area contributed by atoms with Crippen LogP contribution >= 0.6 is 0 Å². The fourth-order valence-electron chi connectivity index (χ4n) is 1.00. The minimum atomic E-state index is 0.326. The second-order valence-corrected chi connectivity index (χ2v) is 3.36. The lowest BCUT2D eigenvalue weighted by molar-refractivity contribution is 0.0429. The first kappa shape index (κ1) is 11.9. The van der Waals surface area contributed by atoms with Crippen molar-refractivity contribution in [1.82, 2.24) is 5.32 Å². The molecule has 0 saturated heterocycles. The number of hydrogen-bond donors (Lipinski definition) is 1.